The van der Waals surface area contributed by atoms with Crippen LogP contribution in [0.2, 0.25) is 0 Å². The number of hydrogen-bond acceptors (Lipinski definition) is 4. The number of fused-ring (bicyclic) bond motifs is 1. The van der Waals surface area contributed by atoms with E-state index in [9.17, 15) is 14.9 Å². The van der Waals surface area contributed by atoms with Gasteiger partial charge in [0.25, 0.3) is 5.69 Å². The van der Waals surface area contributed by atoms with E-state index in [0.717, 1.165) is 5.39 Å². The first-order valence-electron chi connectivity index (χ1n) is 5.76. The summed E-state index contributed by atoms with van der Waals surface area (Å²) in [5, 5.41) is 12.2. The number of ketones is 1. The van der Waals surface area contributed by atoms with Crippen molar-refractivity contribution < 1.29 is 14.5 Å². The first kappa shape index (κ1) is 13.0. The number of hydrogen-bond donors (Lipinski definition) is 0. The Morgan fingerprint density at radius 2 is 2.11 bits per heavy atom. The molecule has 0 bridgehead atoms. The maximum atomic E-state index is 11.2. The maximum absolute atomic E-state index is 11.2. The minimum absolute atomic E-state index is 0.0174. The van der Waals surface area contributed by atoms with Crippen molar-refractivity contribution in [2.75, 3.05) is 7.11 Å². The Bertz CT molecular complexity index is 664. The second-order valence-electron chi connectivity index (χ2n) is 4.30. The van der Waals surface area contributed by atoms with Gasteiger partial charge in [-0.15, -0.1) is 0 Å². The number of ether oxygens (including phenoxy) is 1. The first-order valence-corrected chi connectivity index (χ1v) is 5.76. The zero-order valence-electron chi connectivity index (χ0n) is 10.7. The van der Waals surface area contributed by atoms with E-state index in [1.54, 1.807) is 24.3 Å². The average Bonchev–Trinajstić information content (AvgIpc) is 2.36. The van der Waals surface area contributed by atoms with Crippen molar-refractivity contribution >= 4 is 22.2 Å². The highest BCUT2D eigenvalue weighted by molar-refractivity contribution is 5.93. The van der Waals surface area contributed by atoms with Crippen molar-refractivity contribution in [1.82, 2.24) is 0 Å². The molecule has 0 unspecified atom stereocenters. The first-order chi connectivity index (χ1) is 9.02. The van der Waals surface area contributed by atoms with Gasteiger partial charge in [0.05, 0.1) is 17.4 Å². The number of Topliss-reactive ketones (excluding diaryl/α,β-unsaturated/α-hetero) is 1. The van der Waals surface area contributed by atoms with E-state index in [1.807, 2.05) is 0 Å². The van der Waals surface area contributed by atoms with Crippen LogP contribution in [-0.4, -0.2) is 17.8 Å². The van der Waals surface area contributed by atoms with Gasteiger partial charge in [0, 0.05) is 18.1 Å². The van der Waals surface area contributed by atoms with E-state index in [0.29, 0.717) is 16.7 Å². The molecule has 0 atom stereocenters. The smallest absolute Gasteiger partial charge is 0.277 e. The van der Waals surface area contributed by atoms with Crippen LogP contribution in [0.5, 0.6) is 5.75 Å². The fourth-order valence-corrected chi connectivity index (χ4v) is 2.09. The zero-order chi connectivity index (χ0) is 14.0. The molecule has 0 saturated heterocycles. The van der Waals surface area contributed by atoms with Gasteiger partial charge in [0.15, 0.2) is 0 Å². The zero-order valence-corrected chi connectivity index (χ0v) is 10.7. The van der Waals surface area contributed by atoms with Gasteiger partial charge < -0.3 is 4.74 Å². The Morgan fingerprint density at radius 3 is 2.68 bits per heavy atom. The monoisotopic (exact) mass is 259 g/mol. The number of rotatable bonds is 4. The van der Waals surface area contributed by atoms with Crippen molar-refractivity contribution in [3.05, 3.63) is 46.0 Å². The fraction of sp³-hybridized carbons (Fsp3) is 0.214. The van der Waals surface area contributed by atoms with Crippen LogP contribution in [0.15, 0.2) is 30.3 Å². The third kappa shape index (κ3) is 2.54. The van der Waals surface area contributed by atoms with Crippen LogP contribution in [0, 0.1) is 10.1 Å². The summed E-state index contributed by atoms with van der Waals surface area (Å²) >= 11 is 0. The Hall–Kier alpha value is -2.43. The molecule has 0 heterocycles. The van der Waals surface area contributed by atoms with E-state index in [-0.39, 0.29) is 17.9 Å². The molecule has 2 aromatic carbocycles. The normalized spacial score (nSPS) is 10.4. The molecule has 0 aromatic heterocycles. The van der Waals surface area contributed by atoms with Gasteiger partial charge in [-0.1, -0.05) is 12.1 Å². The minimum Gasteiger partial charge on any atom is -0.496 e. The number of nitro benzene ring substituents is 1. The summed E-state index contributed by atoms with van der Waals surface area (Å²) in [6, 6.07) is 8.24. The molecule has 0 amide bonds. The summed E-state index contributed by atoms with van der Waals surface area (Å²) in [5.41, 5.74) is 0.696. The fourth-order valence-electron chi connectivity index (χ4n) is 2.09. The Balaban J connectivity index is 2.71. The summed E-state index contributed by atoms with van der Waals surface area (Å²) in [4.78, 5) is 21.8. The lowest BCUT2D eigenvalue weighted by Gasteiger charge is -2.09. The quantitative estimate of drug-likeness (QED) is 0.625. The molecular formula is C14H13NO4. The lowest BCUT2D eigenvalue weighted by atomic mass is 10.0. The summed E-state index contributed by atoms with van der Waals surface area (Å²) in [6.07, 6.45) is 0.200. The van der Waals surface area contributed by atoms with E-state index < -0.39 is 4.92 Å². The van der Waals surface area contributed by atoms with Crippen molar-refractivity contribution in [3.8, 4) is 5.75 Å². The van der Waals surface area contributed by atoms with Crippen LogP contribution < -0.4 is 4.74 Å². The SMILES string of the molecule is COc1cc2cccc([N+](=O)[O-])c2cc1CC(C)=O. The highest BCUT2D eigenvalue weighted by atomic mass is 16.6. The van der Waals surface area contributed by atoms with Gasteiger partial charge in [0.1, 0.15) is 11.5 Å². The Labute approximate surface area is 110 Å². The molecule has 5 heteroatoms. The lowest BCUT2D eigenvalue weighted by Crippen LogP contribution is -2.00. The molecule has 98 valence electrons. The number of benzene rings is 2. The standard InChI is InChI=1S/C14H13NO4/c1-9(16)6-11-7-12-10(8-14(11)19-2)4-3-5-13(12)15(17)18/h3-5,7-8H,6H2,1-2H3. The molecule has 0 spiro atoms. The molecule has 0 aliphatic rings. The van der Waals surface area contributed by atoms with Crippen LogP contribution >= 0.6 is 0 Å². The van der Waals surface area contributed by atoms with Crippen LogP contribution in [0.25, 0.3) is 10.8 Å². The molecule has 2 aromatic rings. The predicted molar refractivity (Wildman–Crippen MR) is 71.5 cm³/mol. The number of carbonyl (C=O) groups is 1. The van der Waals surface area contributed by atoms with Crippen LogP contribution in [0.3, 0.4) is 0 Å². The highest BCUT2D eigenvalue weighted by Gasteiger charge is 2.15. The Morgan fingerprint density at radius 1 is 1.37 bits per heavy atom. The summed E-state index contributed by atoms with van der Waals surface area (Å²) < 4.78 is 5.23. The molecule has 0 aliphatic heterocycles. The van der Waals surface area contributed by atoms with Gasteiger partial charge in [-0.2, -0.15) is 0 Å². The molecule has 0 radical (unpaired) electrons. The molecule has 0 aliphatic carbocycles. The van der Waals surface area contributed by atoms with Crippen LogP contribution in [0.1, 0.15) is 12.5 Å². The third-order valence-electron chi connectivity index (χ3n) is 2.89. The van der Waals surface area contributed by atoms with Gasteiger partial charge >= 0.3 is 0 Å². The second-order valence-corrected chi connectivity index (χ2v) is 4.30. The van der Waals surface area contributed by atoms with E-state index in [2.05, 4.69) is 0 Å². The Kier molecular flexibility index (Phi) is 3.46. The second kappa shape index (κ2) is 5.06. The summed E-state index contributed by atoms with van der Waals surface area (Å²) in [7, 11) is 1.52. The average molecular weight is 259 g/mol. The van der Waals surface area contributed by atoms with Crippen LogP contribution in [0.4, 0.5) is 5.69 Å². The largest absolute Gasteiger partial charge is 0.496 e. The number of nitro groups is 1. The molecule has 19 heavy (non-hydrogen) atoms. The number of carbonyl (C=O) groups excluding carboxylic acids is 1. The van der Waals surface area contributed by atoms with E-state index in [4.69, 9.17) is 4.74 Å². The lowest BCUT2D eigenvalue weighted by molar-refractivity contribution is -0.383. The molecular weight excluding hydrogens is 246 g/mol. The molecule has 0 saturated carbocycles. The number of nitrogens with zero attached hydrogens (tertiary/aromatic N) is 1. The molecule has 5 nitrogen and oxygen atoms in total. The predicted octanol–water partition coefficient (Wildman–Crippen LogP) is 2.89. The minimum atomic E-state index is -0.424. The molecule has 0 fully saturated rings. The third-order valence-corrected chi connectivity index (χ3v) is 2.89. The maximum Gasteiger partial charge on any atom is 0.277 e. The van der Waals surface area contributed by atoms with Crippen LogP contribution in [-0.2, 0) is 11.2 Å². The van der Waals surface area contributed by atoms with E-state index in [1.165, 1.54) is 20.1 Å². The number of methoxy groups -OCH3 is 1. The molecule has 0 N–H and O–H groups in total. The summed E-state index contributed by atoms with van der Waals surface area (Å²) in [6.45, 7) is 1.48. The van der Waals surface area contributed by atoms with Crippen molar-refractivity contribution in [1.29, 1.82) is 0 Å². The van der Waals surface area contributed by atoms with Gasteiger partial charge in [-0.05, 0) is 24.4 Å². The highest BCUT2D eigenvalue weighted by Crippen LogP contribution is 2.32. The number of non-ortho nitro benzene ring substituents is 1. The van der Waals surface area contributed by atoms with Crippen molar-refractivity contribution in [3.63, 3.8) is 0 Å². The summed E-state index contributed by atoms with van der Waals surface area (Å²) in [5.74, 6) is 0.555. The van der Waals surface area contributed by atoms with Gasteiger partial charge in [-0.25, -0.2) is 0 Å². The van der Waals surface area contributed by atoms with Crippen molar-refractivity contribution in [2.24, 2.45) is 0 Å². The molecule has 2 rings (SSSR count). The van der Waals surface area contributed by atoms with Gasteiger partial charge in [0.2, 0.25) is 0 Å². The van der Waals surface area contributed by atoms with Crippen molar-refractivity contribution in [2.45, 2.75) is 13.3 Å². The van der Waals surface area contributed by atoms with E-state index >= 15 is 0 Å². The van der Waals surface area contributed by atoms with Gasteiger partial charge in [-0.3, -0.25) is 14.9 Å². The topological polar surface area (TPSA) is 69.4 Å².